The van der Waals surface area contributed by atoms with E-state index < -0.39 is 29.1 Å². The van der Waals surface area contributed by atoms with Gasteiger partial charge in [-0.25, -0.2) is 4.90 Å². The molecule has 0 unspecified atom stereocenters. The maximum atomic E-state index is 13.3. The number of hydrogen-bond acceptors (Lipinski definition) is 5. The van der Waals surface area contributed by atoms with Crippen LogP contribution in [0.4, 0.5) is 23.7 Å². The number of piperazine rings is 1. The number of halogens is 3. The summed E-state index contributed by atoms with van der Waals surface area (Å²) in [6.07, 6.45) is -4.54. The molecule has 0 saturated carbocycles. The van der Waals surface area contributed by atoms with Crippen LogP contribution in [-0.4, -0.2) is 59.6 Å². The van der Waals surface area contributed by atoms with Crippen molar-refractivity contribution in [2.45, 2.75) is 19.5 Å². The molecule has 1 saturated heterocycles. The Labute approximate surface area is 182 Å². The van der Waals surface area contributed by atoms with Crippen LogP contribution in [0.15, 0.2) is 29.3 Å². The average Bonchev–Trinajstić information content (AvgIpc) is 2.94. The Bertz CT molecular complexity index is 1010. The van der Waals surface area contributed by atoms with Gasteiger partial charge in [0.25, 0.3) is 17.1 Å². The molecule has 31 heavy (non-hydrogen) atoms. The van der Waals surface area contributed by atoms with Gasteiger partial charge < -0.3 is 4.90 Å². The number of rotatable bonds is 4. The van der Waals surface area contributed by atoms with Crippen LogP contribution in [0.25, 0.3) is 0 Å². The number of hydrogen-bond donors (Lipinski definition) is 1. The van der Waals surface area contributed by atoms with Crippen LogP contribution in [0.1, 0.15) is 24.5 Å². The van der Waals surface area contributed by atoms with Gasteiger partial charge in [-0.1, -0.05) is 12.6 Å². The van der Waals surface area contributed by atoms with Gasteiger partial charge in [0, 0.05) is 43.9 Å². The lowest BCUT2D eigenvalue weighted by molar-refractivity contribution is -0.138. The summed E-state index contributed by atoms with van der Waals surface area (Å²) in [4.78, 5) is 41.2. The molecule has 2 aliphatic rings. The van der Waals surface area contributed by atoms with E-state index >= 15 is 0 Å². The van der Waals surface area contributed by atoms with Crippen LogP contribution >= 0.6 is 12.6 Å². The Morgan fingerprint density at radius 1 is 1.16 bits per heavy atom. The van der Waals surface area contributed by atoms with Crippen LogP contribution in [0.2, 0.25) is 0 Å². The van der Waals surface area contributed by atoms with Crippen molar-refractivity contribution in [3.63, 3.8) is 0 Å². The Morgan fingerprint density at radius 3 is 2.35 bits per heavy atom. The van der Waals surface area contributed by atoms with Gasteiger partial charge in [0.1, 0.15) is 0 Å². The summed E-state index contributed by atoms with van der Waals surface area (Å²) in [6.45, 7) is 4.14. The standard InChI is InChI=1S/C20H19F3N4O3S/c1-12-15(4-5-25-6-8-26(9-7-25)19(30)31)18(29)27(17(12)28)14-3-2-13(11-24)16(10-14)20(21,22)23/h2-3,10H,4-9H2,1H3,(H,30,31). The molecule has 0 spiro atoms. The molecular weight excluding hydrogens is 433 g/mol. The minimum absolute atomic E-state index is 0.187. The molecule has 3 rings (SSSR count). The van der Waals surface area contributed by atoms with Gasteiger partial charge in [-0.2, -0.15) is 18.4 Å². The second kappa shape index (κ2) is 8.72. The molecule has 2 heterocycles. The molecule has 0 aromatic heterocycles. The molecule has 2 aliphatic heterocycles. The summed E-state index contributed by atoms with van der Waals surface area (Å²) in [5.41, 5.74) is -1.57. The number of imide groups is 1. The lowest BCUT2D eigenvalue weighted by atomic mass is 10.1. The van der Waals surface area contributed by atoms with Gasteiger partial charge in [-0.3, -0.25) is 19.3 Å². The Balaban J connectivity index is 1.75. The number of carbonyl (C=O) groups excluding carboxylic acids is 3. The first-order chi connectivity index (χ1) is 14.5. The molecule has 0 radical (unpaired) electrons. The molecule has 11 heteroatoms. The molecule has 1 fully saturated rings. The van der Waals surface area contributed by atoms with Crippen LogP contribution in [0.3, 0.4) is 0 Å². The zero-order valence-corrected chi connectivity index (χ0v) is 17.5. The molecule has 164 valence electrons. The van der Waals surface area contributed by atoms with Gasteiger partial charge in [-0.15, -0.1) is 0 Å². The predicted octanol–water partition coefficient (Wildman–Crippen LogP) is 2.82. The van der Waals surface area contributed by atoms with Crippen molar-refractivity contribution in [1.29, 1.82) is 5.26 Å². The second-order valence-electron chi connectivity index (χ2n) is 7.25. The molecule has 0 atom stereocenters. The van der Waals surface area contributed by atoms with Crippen molar-refractivity contribution < 1.29 is 27.6 Å². The first-order valence-corrected chi connectivity index (χ1v) is 9.89. The lowest BCUT2D eigenvalue weighted by Gasteiger charge is -2.33. The van der Waals surface area contributed by atoms with Crippen LogP contribution in [-0.2, 0) is 15.8 Å². The zero-order valence-electron chi connectivity index (χ0n) is 16.6. The highest BCUT2D eigenvalue weighted by molar-refractivity contribution is 7.96. The number of benzene rings is 1. The number of carbonyl (C=O) groups is 3. The zero-order chi connectivity index (χ0) is 22.9. The van der Waals surface area contributed by atoms with Crippen molar-refractivity contribution in [1.82, 2.24) is 9.80 Å². The van der Waals surface area contributed by atoms with Crippen LogP contribution in [0.5, 0.6) is 0 Å². The molecule has 0 N–H and O–H groups in total. The number of alkyl halides is 3. The van der Waals surface area contributed by atoms with Crippen molar-refractivity contribution >= 4 is 35.4 Å². The van der Waals surface area contributed by atoms with E-state index in [1.807, 2.05) is 4.90 Å². The van der Waals surface area contributed by atoms with E-state index in [0.29, 0.717) is 38.8 Å². The highest BCUT2D eigenvalue weighted by atomic mass is 32.1. The number of thiol groups is 1. The minimum atomic E-state index is -4.80. The monoisotopic (exact) mass is 452 g/mol. The number of nitrogens with zero attached hydrogens (tertiary/aromatic N) is 4. The first-order valence-electron chi connectivity index (χ1n) is 9.44. The Kier molecular flexibility index (Phi) is 6.43. The topological polar surface area (TPSA) is 84.7 Å². The Morgan fingerprint density at radius 2 is 1.81 bits per heavy atom. The normalized spacial score (nSPS) is 18.1. The largest absolute Gasteiger partial charge is 0.417 e. The summed E-state index contributed by atoms with van der Waals surface area (Å²) in [6, 6.07) is 4.24. The number of amides is 3. The van der Waals surface area contributed by atoms with Crippen LogP contribution < -0.4 is 4.90 Å². The van der Waals surface area contributed by atoms with E-state index in [1.54, 1.807) is 4.90 Å². The van der Waals surface area contributed by atoms with Gasteiger partial charge in [0.15, 0.2) is 0 Å². The average molecular weight is 452 g/mol. The van der Waals surface area contributed by atoms with Crippen molar-refractivity contribution in [2.24, 2.45) is 0 Å². The van der Waals surface area contributed by atoms with E-state index in [9.17, 15) is 27.6 Å². The summed E-state index contributed by atoms with van der Waals surface area (Å²) in [5.74, 6) is -1.34. The third-order valence-corrected chi connectivity index (χ3v) is 5.73. The molecular formula is C20H19F3N4O3S. The maximum absolute atomic E-state index is 13.3. The third kappa shape index (κ3) is 4.60. The second-order valence-corrected chi connectivity index (χ2v) is 7.63. The van der Waals surface area contributed by atoms with E-state index in [0.717, 1.165) is 17.0 Å². The van der Waals surface area contributed by atoms with E-state index in [1.165, 1.54) is 13.0 Å². The summed E-state index contributed by atoms with van der Waals surface area (Å²) >= 11 is 3.79. The molecule has 3 amide bonds. The van der Waals surface area contributed by atoms with Crippen LogP contribution in [0, 0.1) is 11.3 Å². The van der Waals surface area contributed by atoms with Gasteiger partial charge in [-0.05, 0) is 31.5 Å². The highest BCUT2D eigenvalue weighted by Crippen LogP contribution is 2.36. The van der Waals surface area contributed by atoms with Gasteiger partial charge >= 0.3 is 6.18 Å². The smallest absolute Gasteiger partial charge is 0.331 e. The van der Waals surface area contributed by atoms with E-state index in [2.05, 4.69) is 12.6 Å². The first kappa shape index (κ1) is 22.8. The maximum Gasteiger partial charge on any atom is 0.417 e. The Hall–Kier alpha value is -2.84. The van der Waals surface area contributed by atoms with Gasteiger partial charge in [0.2, 0.25) is 0 Å². The summed E-state index contributed by atoms with van der Waals surface area (Å²) in [5, 5.41) is 8.63. The molecule has 0 aliphatic carbocycles. The van der Waals surface area contributed by atoms with Gasteiger partial charge in [0.05, 0.1) is 22.9 Å². The lowest BCUT2D eigenvalue weighted by Crippen LogP contribution is -2.47. The van der Waals surface area contributed by atoms with E-state index in [4.69, 9.17) is 5.26 Å². The third-order valence-electron chi connectivity index (χ3n) is 5.45. The molecule has 0 bridgehead atoms. The quantitative estimate of drug-likeness (QED) is 0.561. The molecule has 7 nitrogen and oxygen atoms in total. The molecule has 1 aromatic rings. The highest BCUT2D eigenvalue weighted by Gasteiger charge is 2.39. The van der Waals surface area contributed by atoms with E-state index in [-0.39, 0.29) is 28.5 Å². The van der Waals surface area contributed by atoms with Crippen molar-refractivity contribution in [2.75, 3.05) is 37.6 Å². The predicted molar refractivity (Wildman–Crippen MR) is 108 cm³/mol. The summed E-state index contributed by atoms with van der Waals surface area (Å²) in [7, 11) is 0. The molecule has 1 aromatic carbocycles. The number of nitriles is 1. The minimum Gasteiger partial charge on any atom is -0.331 e. The fourth-order valence-electron chi connectivity index (χ4n) is 3.65. The van der Waals surface area contributed by atoms with Crippen molar-refractivity contribution in [3.8, 4) is 6.07 Å². The SMILES string of the molecule is CC1=C(CCN2CCN(C(=O)S)CC2)C(=O)N(c2ccc(C#N)c(C(F)(F)F)c2)C1=O. The number of anilines is 1. The fraction of sp³-hybridized carbons (Fsp3) is 0.400. The van der Waals surface area contributed by atoms with Crippen molar-refractivity contribution in [3.05, 3.63) is 40.5 Å². The fourth-order valence-corrected chi connectivity index (χ4v) is 3.85. The summed E-state index contributed by atoms with van der Waals surface area (Å²) < 4.78 is 39.8.